The lowest BCUT2D eigenvalue weighted by Crippen LogP contribution is -2.43. The van der Waals surface area contributed by atoms with Gasteiger partial charge in [0.2, 0.25) is 0 Å². The SMILES string of the molecule is CCC1(c2ccccc2)NC(=O)N(Cc2c(Cl)cccc2Cl)C1=O. The largest absolute Gasteiger partial charge is 0.325 e. The van der Waals surface area contributed by atoms with Crippen LogP contribution in [0, 0.1) is 0 Å². The maximum Gasteiger partial charge on any atom is 0.325 e. The van der Waals surface area contributed by atoms with Crippen molar-refractivity contribution in [1.29, 1.82) is 0 Å². The van der Waals surface area contributed by atoms with E-state index in [-0.39, 0.29) is 12.5 Å². The van der Waals surface area contributed by atoms with E-state index in [4.69, 9.17) is 23.2 Å². The topological polar surface area (TPSA) is 49.4 Å². The molecule has 1 atom stereocenters. The van der Waals surface area contributed by atoms with Gasteiger partial charge in [-0.05, 0) is 24.1 Å². The Bertz CT molecular complexity index is 775. The summed E-state index contributed by atoms with van der Waals surface area (Å²) >= 11 is 12.3. The second-order valence-electron chi connectivity index (χ2n) is 5.65. The van der Waals surface area contributed by atoms with Gasteiger partial charge in [-0.25, -0.2) is 4.79 Å². The predicted octanol–water partition coefficient (Wildman–Crippen LogP) is 4.35. The molecule has 1 heterocycles. The second kappa shape index (κ2) is 6.46. The number of nitrogens with zero attached hydrogens (tertiary/aromatic N) is 1. The molecule has 1 N–H and O–H groups in total. The lowest BCUT2D eigenvalue weighted by molar-refractivity contribution is -0.132. The Hall–Kier alpha value is -2.04. The Morgan fingerprint density at radius 2 is 1.62 bits per heavy atom. The minimum Gasteiger partial charge on any atom is -0.319 e. The van der Waals surface area contributed by atoms with Crippen molar-refractivity contribution in [3.63, 3.8) is 0 Å². The fraction of sp³-hybridized carbons (Fsp3) is 0.222. The van der Waals surface area contributed by atoms with E-state index in [0.717, 1.165) is 5.56 Å². The Balaban J connectivity index is 1.97. The molecule has 0 aliphatic carbocycles. The Morgan fingerprint density at radius 1 is 1.00 bits per heavy atom. The summed E-state index contributed by atoms with van der Waals surface area (Å²) < 4.78 is 0. The molecule has 2 aromatic rings. The first-order valence-corrected chi connectivity index (χ1v) is 8.37. The molecule has 4 nitrogen and oxygen atoms in total. The molecule has 0 saturated carbocycles. The van der Waals surface area contributed by atoms with Crippen LogP contribution in [0.3, 0.4) is 0 Å². The molecule has 1 unspecified atom stereocenters. The minimum absolute atomic E-state index is 0.0394. The molecular formula is C18H16Cl2N2O2. The van der Waals surface area contributed by atoms with Gasteiger partial charge in [-0.3, -0.25) is 9.69 Å². The van der Waals surface area contributed by atoms with Gasteiger partial charge in [0.25, 0.3) is 5.91 Å². The van der Waals surface area contributed by atoms with Crippen molar-refractivity contribution in [3.05, 3.63) is 69.7 Å². The van der Waals surface area contributed by atoms with E-state index in [1.807, 2.05) is 37.3 Å². The van der Waals surface area contributed by atoms with E-state index in [1.54, 1.807) is 18.2 Å². The normalized spacial score (nSPS) is 20.4. The van der Waals surface area contributed by atoms with Crippen LogP contribution in [0.4, 0.5) is 4.79 Å². The fourth-order valence-electron chi connectivity index (χ4n) is 2.97. The van der Waals surface area contributed by atoms with Gasteiger partial charge in [-0.1, -0.05) is 66.5 Å². The molecule has 0 bridgehead atoms. The van der Waals surface area contributed by atoms with Crippen LogP contribution < -0.4 is 5.32 Å². The summed E-state index contributed by atoms with van der Waals surface area (Å²) in [5, 5.41) is 3.70. The first kappa shape index (κ1) is 16.8. The molecule has 0 spiro atoms. The van der Waals surface area contributed by atoms with Crippen molar-refractivity contribution >= 4 is 35.1 Å². The zero-order valence-electron chi connectivity index (χ0n) is 13.1. The van der Waals surface area contributed by atoms with Gasteiger partial charge in [0.05, 0.1) is 6.54 Å². The summed E-state index contributed by atoms with van der Waals surface area (Å²) in [4.78, 5) is 26.7. The Morgan fingerprint density at radius 3 is 2.21 bits per heavy atom. The summed E-state index contributed by atoms with van der Waals surface area (Å²) in [6.07, 6.45) is 0.453. The highest BCUT2D eigenvalue weighted by molar-refractivity contribution is 6.36. The average molecular weight is 363 g/mol. The molecule has 0 radical (unpaired) electrons. The van der Waals surface area contributed by atoms with Crippen LogP contribution in [0.1, 0.15) is 24.5 Å². The lowest BCUT2D eigenvalue weighted by atomic mass is 9.87. The number of hydrogen-bond donors (Lipinski definition) is 1. The van der Waals surface area contributed by atoms with E-state index in [1.165, 1.54) is 4.90 Å². The average Bonchev–Trinajstić information content (AvgIpc) is 2.83. The number of carbonyl (C=O) groups excluding carboxylic acids is 2. The number of benzene rings is 2. The van der Waals surface area contributed by atoms with Crippen molar-refractivity contribution in [2.75, 3.05) is 0 Å². The standard InChI is InChI=1S/C18H16Cl2N2O2/c1-2-18(12-7-4-3-5-8-12)16(23)22(17(24)21-18)11-13-14(19)9-6-10-15(13)20/h3-10H,2,11H2,1H3,(H,21,24). The van der Waals surface area contributed by atoms with Gasteiger partial charge in [0.15, 0.2) is 0 Å². The van der Waals surface area contributed by atoms with Crippen LogP contribution >= 0.6 is 23.2 Å². The first-order valence-electron chi connectivity index (χ1n) is 7.62. The molecule has 3 rings (SSSR count). The summed E-state index contributed by atoms with van der Waals surface area (Å²) in [5.74, 6) is -0.294. The van der Waals surface area contributed by atoms with E-state index < -0.39 is 11.6 Å². The molecule has 3 amide bonds. The number of amides is 3. The summed E-state index contributed by atoms with van der Waals surface area (Å²) in [6.45, 7) is 1.91. The smallest absolute Gasteiger partial charge is 0.319 e. The van der Waals surface area contributed by atoms with Crippen LogP contribution in [-0.2, 0) is 16.9 Å². The van der Waals surface area contributed by atoms with E-state index in [9.17, 15) is 9.59 Å². The predicted molar refractivity (Wildman–Crippen MR) is 94.0 cm³/mol. The zero-order valence-corrected chi connectivity index (χ0v) is 14.6. The number of halogens is 2. The quantitative estimate of drug-likeness (QED) is 0.821. The number of imide groups is 1. The van der Waals surface area contributed by atoms with Crippen LogP contribution in [0.15, 0.2) is 48.5 Å². The van der Waals surface area contributed by atoms with Crippen molar-refractivity contribution in [1.82, 2.24) is 10.2 Å². The van der Waals surface area contributed by atoms with Gasteiger partial charge >= 0.3 is 6.03 Å². The van der Waals surface area contributed by atoms with Crippen molar-refractivity contribution in [2.24, 2.45) is 0 Å². The highest BCUT2D eigenvalue weighted by Crippen LogP contribution is 2.34. The lowest BCUT2D eigenvalue weighted by Gasteiger charge is -2.25. The number of hydrogen-bond acceptors (Lipinski definition) is 2. The van der Waals surface area contributed by atoms with E-state index in [2.05, 4.69) is 5.32 Å². The van der Waals surface area contributed by atoms with E-state index >= 15 is 0 Å². The molecule has 6 heteroatoms. The summed E-state index contributed by atoms with van der Waals surface area (Å²) in [7, 11) is 0. The second-order valence-corrected chi connectivity index (χ2v) is 6.46. The van der Waals surface area contributed by atoms with Gasteiger partial charge in [0, 0.05) is 15.6 Å². The molecule has 1 fully saturated rings. The summed E-state index contributed by atoms with van der Waals surface area (Å²) in [6, 6.07) is 13.9. The van der Waals surface area contributed by atoms with E-state index in [0.29, 0.717) is 22.0 Å². The van der Waals surface area contributed by atoms with Gasteiger partial charge in [0.1, 0.15) is 5.54 Å². The highest BCUT2D eigenvalue weighted by Gasteiger charge is 2.51. The van der Waals surface area contributed by atoms with Crippen LogP contribution in [0.25, 0.3) is 0 Å². The molecule has 1 saturated heterocycles. The number of carbonyl (C=O) groups is 2. The monoisotopic (exact) mass is 362 g/mol. The molecule has 1 aliphatic heterocycles. The first-order chi connectivity index (χ1) is 11.5. The number of rotatable bonds is 4. The van der Waals surface area contributed by atoms with Crippen LogP contribution in [0.2, 0.25) is 10.0 Å². The third-order valence-corrected chi connectivity index (χ3v) is 5.06. The van der Waals surface area contributed by atoms with Crippen molar-refractivity contribution in [2.45, 2.75) is 25.4 Å². The number of urea groups is 1. The molecule has 124 valence electrons. The molecule has 2 aromatic carbocycles. The Kier molecular flexibility index (Phi) is 4.52. The highest BCUT2D eigenvalue weighted by atomic mass is 35.5. The minimum atomic E-state index is -1.05. The number of nitrogens with one attached hydrogen (secondary N) is 1. The fourth-order valence-corrected chi connectivity index (χ4v) is 3.49. The molecule has 24 heavy (non-hydrogen) atoms. The summed E-state index contributed by atoms with van der Waals surface area (Å²) in [5.41, 5.74) is 0.273. The van der Waals surface area contributed by atoms with Crippen LogP contribution in [0.5, 0.6) is 0 Å². The van der Waals surface area contributed by atoms with Gasteiger partial charge in [-0.2, -0.15) is 0 Å². The van der Waals surface area contributed by atoms with Crippen molar-refractivity contribution in [3.8, 4) is 0 Å². The zero-order chi connectivity index (χ0) is 17.3. The Labute approximate surface area is 150 Å². The molecule has 1 aliphatic rings. The maximum absolute atomic E-state index is 13.1. The molecular weight excluding hydrogens is 347 g/mol. The van der Waals surface area contributed by atoms with Gasteiger partial charge in [-0.15, -0.1) is 0 Å². The maximum atomic E-state index is 13.1. The van der Waals surface area contributed by atoms with Crippen LogP contribution in [-0.4, -0.2) is 16.8 Å². The van der Waals surface area contributed by atoms with Crippen molar-refractivity contribution < 1.29 is 9.59 Å². The third-order valence-electron chi connectivity index (χ3n) is 4.35. The third kappa shape index (κ3) is 2.66. The van der Waals surface area contributed by atoms with Gasteiger partial charge < -0.3 is 5.32 Å². The molecule has 0 aromatic heterocycles.